The van der Waals surface area contributed by atoms with Gasteiger partial charge >= 0.3 is 0 Å². The van der Waals surface area contributed by atoms with Gasteiger partial charge in [-0.2, -0.15) is 0 Å². The van der Waals surface area contributed by atoms with Crippen molar-refractivity contribution in [3.63, 3.8) is 0 Å². The molecule has 0 aliphatic heterocycles. The minimum absolute atomic E-state index is 0.00569. The Hall–Kier alpha value is -1.12. The summed E-state index contributed by atoms with van der Waals surface area (Å²) >= 11 is 1.82. The molecule has 0 aliphatic carbocycles. The Labute approximate surface area is 101 Å². The molecule has 1 aromatic carbocycles. The molecule has 2 N–H and O–H groups in total. The summed E-state index contributed by atoms with van der Waals surface area (Å²) in [5.74, 6) is 0. The van der Waals surface area contributed by atoms with Crippen molar-refractivity contribution in [1.82, 2.24) is 0 Å². The summed E-state index contributed by atoms with van der Waals surface area (Å²) in [5.41, 5.74) is 10.1. The van der Waals surface area contributed by atoms with Crippen LogP contribution in [0.25, 0.3) is 0 Å². The zero-order valence-electron chi connectivity index (χ0n) is 9.95. The number of hydrogen-bond acceptors (Lipinski definition) is 2. The Morgan fingerprint density at radius 3 is 2.31 bits per heavy atom. The standard InChI is InChI=1S/C14H17NS/c1-9-6-4-5-7-12(9)14(15)13-8-10(2)16-11(13)3/h4-8,14H,15H2,1-3H3. The molecule has 2 heteroatoms. The van der Waals surface area contributed by atoms with Gasteiger partial charge in [-0.3, -0.25) is 0 Å². The minimum atomic E-state index is 0.00569. The molecule has 2 aromatic rings. The average Bonchev–Trinajstić information content (AvgIpc) is 2.58. The van der Waals surface area contributed by atoms with E-state index in [1.165, 1.54) is 26.4 Å². The molecule has 84 valence electrons. The average molecular weight is 231 g/mol. The lowest BCUT2D eigenvalue weighted by atomic mass is 9.96. The molecular weight excluding hydrogens is 214 g/mol. The first-order valence-corrected chi connectivity index (χ1v) is 6.29. The summed E-state index contributed by atoms with van der Waals surface area (Å²) in [5, 5.41) is 0. The highest BCUT2D eigenvalue weighted by molar-refractivity contribution is 7.12. The van der Waals surface area contributed by atoms with Gasteiger partial charge in [0, 0.05) is 9.75 Å². The zero-order valence-corrected chi connectivity index (χ0v) is 10.8. The smallest absolute Gasteiger partial charge is 0.0565 e. The topological polar surface area (TPSA) is 26.0 Å². The predicted octanol–water partition coefficient (Wildman–Crippen LogP) is 3.72. The van der Waals surface area contributed by atoms with Gasteiger partial charge in [0.2, 0.25) is 0 Å². The Balaban J connectivity index is 2.43. The van der Waals surface area contributed by atoms with Crippen molar-refractivity contribution in [3.05, 3.63) is 56.8 Å². The second-order valence-corrected chi connectivity index (χ2v) is 5.66. The third kappa shape index (κ3) is 2.04. The second-order valence-electron chi connectivity index (χ2n) is 4.20. The van der Waals surface area contributed by atoms with Crippen LogP contribution in [0, 0.1) is 20.8 Å². The van der Waals surface area contributed by atoms with Crippen molar-refractivity contribution in [2.45, 2.75) is 26.8 Å². The van der Waals surface area contributed by atoms with E-state index in [1.54, 1.807) is 0 Å². The molecule has 0 saturated carbocycles. The van der Waals surface area contributed by atoms with Crippen molar-refractivity contribution < 1.29 is 0 Å². The summed E-state index contributed by atoms with van der Waals surface area (Å²) in [7, 11) is 0. The van der Waals surface area contributed by atoms with Crippen LogP contribution in [0.5, 0.6) is 0 Å². The van der Waals surface area contributed by atoms with Gasteiger partial charge < -0.3 is 5.73 Å². The highest BCUT2D eigenvalue weighted by atomic mass is 32.1. The maximum atomic E-state index is 6.34. The maximum absolute atomic E-state index is 6.34. The fourth-order valence-electron chi connectivity index (χ4n) is 2.06. The lowest BCUT2D eigenvalue weighted by Crippen LogP contribution is -2.13. The summed E-state index contributed by atoms with van der Waals surface area (Å²) < 4.78 is 0. The first kappa shape index (κ1) is 11.4. The van der Waals surface area contributed by atoms with E-state index in [0.29, 0.717) is 0 Å². The van der Waals surface area contributed by atoms with Gasteiger partial charge in [-0.15, -0.1) is 11.3 Å². The summed E-state index contributed by atoms with van der Waals surface area (Å²) in [4.78, 5) is 2.66. The van der Waals surface area contributed by atoms with E-state index >= 15 is 0 Å². The highest BCUT2D eigenvalue weighted by Crippen LogP contribution is 2.30. The monoisotopic (exact) mass is 231 g/mol. The van der Waals surface area contributed by atoms with Gasteiger partial charge in [0.25, 0.3) is 0 Å². The van der Waals surface area contributed by atoms with E-state index in [-0.39, 0.29) is 6.04 Å². The SMILES string of the molecule is Cc1cc(C(N)c2ccccc2C)c(C)s1. The minimum Gasteiger partial charge on any atom is -0.320 e. The molecule has 16 heavy (non-hydrogen) atoms. The van der Waals surface area contributed by atoms with Crippen LogP contribution in [0.15, 0.2) is 30.3 Å². The summed E-state index contributed by atoms with van der Waals surface area (Å²) in [6, 6.07) is 10.5. The maximum Gasteiger partial charge on any atom is 0.0565 e. The normalized spacial score (nSPS) is 12.8. The summed E-state index contributed by atoms with van der Waals surface area (Å²) in [6.07, 6.45) is 0. The number of benzene rings is 1. The van der Waals surface area contributed by atoms with E-state index in [1.807, 2.05) is 11.3 Å². The zero-order chi connectivity index (χ0) is 11.7. The molecule has 0 aliphatic rings. The molecular formula is C14H17NS. The third-order valence-corrected chi connectivity index (χ3v) is 3.92. The lowest BCUT2D eigenvalue weighted by Gasteiger charge is -2.14. The molecule has 1 nitrogen and oxygen atoms in total. The Bertz CT molecular complexity index is 499. The van der Waals surface area contributed by atoms with Crippen LogP contribution in [-0.2, 0) is 0 Å². The predicted molar refractivity (Wildman–Crippen MR) is 71.0 cm³/mol. The van der Waals surface area contributed by atoms with E-state index < -0.39 is 0 Å². The molecule has 0 saturated heterocycles. The first-order valence-electron chi connectivity index (χ1n) is 5.47. The lowest BCUT2D eigenvalue weighted by molar-refractivity contribution is 0.859. The molecule has 2 rings (SSSR count). The van der Waals surface area contributed by atoms with Crippen LogP contribution in [0.1, 0.15) is 32.5 Å². The van der Waals surface area contributed by atoms with Crippen molar-refractivity contribution in [1.29, 1.82) is 0 Å². The summed E-state index contributed by atoms with van der Waals surface area (Å²) in [6.45, 7) is 6.39. The fourth-order valence-corrected chi connectivity index (χ4v) is 3.04. The van der Waals surface area contributed by atoms with Gasteiger partial charge in [0.1, 0.15) is 0 Å². The van der Waals surface area contributed by atoms with Crippen molar-refractivity contribution in [2.24, 2.45) is 5.73 Å². The molecule has 1 unspecified atom stereocenters. The van der Waals surface area contributed by atoms with E-state index in [4.69, 9.17) is 5.73 Å². The molecule has 0 fully saturated rings. The van der Waals surface area contributed by atoms with Crippen molar-refractivity contribution >= 4 is 11.3 Å². The number of hydrogen-bond donors (Lipinski definition) is 1. The van der Waals surface area contributed by atoms with E-state index in [2.05, 4.69) is 51.1 Å². The highest BCUT2D eigenvalue weighted by Gasteiger charge is 2.14. The van der Waals surface area contributed by atoms with Gasteiger partial charge in [0.05, 0.1) is 6.04 Å². The van der Waals surface area contributed by atoms with Crippen LogP contribution >= 0.6 is 11.3 Å². The molecule has 0 radical (unpaired) electrons. The quantitative estimate of drug-likeness (QED) is 0.837. The van der Waals surface area contributed by atoms with E-state index in [0.717, 1.165) is 0 Å². The molecule has 0 bridgehead atoms. The third-order valence-electron chi connectivity index (χ3n) is 2.94. The number of nitrogens with two attached hydrogens (primary N) is 1. The molecule has 1 aromatic heterocycles. The van der Waals surface area contributed by atoms with Gasteiger partial charge in [-0.25, -0.2) is 0 Å². The van der Waals surface area contributed by atoms with Gasteiger partial charge in [-0.1, -0.05) is 24.3 Å². The number of aryl methyl sites for hydroxylation is 3. The van der Waals surface area contributed by atoms with Crippen LogP contribution < -0.4 is 5.73 Å². The second kappa shape index (κ2) is 4.40. The van der Waals surface area contributed by atoms with Crippen molar-refractivity contribution in [2.75, 3.05) is 0 Å². The number of thiophene rings is 1. The fraction of sp³-hybridized carbons (Fsp3) is 0.286. The molecule has 1 atom stereocenters. The van der Waals surface area contributed by atoms with Gasteiger partial charge in [-0.05, 0) is 43.5 Å². The first-order chi connectivity index (χ1) is 7.59. The van der Waals surface area contributed by atoms with E-state index in [9.17, 15) is 0 Å². The Kier molecular flexibility index (Phi) is 3.13. The number of rotatable bonds is 2. The Morgan fingerprint density at radius 1 is 1.06 bits per heavy atom. The largest absolute Gasteiger partial charge is 0.320 e. The molecule has 0 amide bonds. The molecule has 1 heterocycles. The van der Waals surface area contributed by atoms with Crippen LogP contribution in [-0.4, -0.2) is 0 Å². The van der Waals surface area contributed by atoms with Crippen molar-refractivity contribution in [3.8, 4) is 0 Å². The van der Waals surface area contributed by atoms with Crippen LogP contribution in [0.2, 0.25) is 0 Å². The van der Waals surface area contributed by atoms with Crippen LogP contribution in [0.4, 0.5) is 0 Å². The molecule has 0 spiro atoms. The van der Waals surface area contributed by atoms with Crippen LogP contribution in [0.3, 0.4) is 0 Å². The Morgan fingerprint density at radius 2 is 1.75 bits per heavy atom. The van der Waals surface area contributed by atoms with Gasteiger partial charge in [0.15, 0.2) is 0 Å².